The van der Waals surface area contributed by atoms with Crippen LogP contribution in [0.1, 0.15) is 10.5 Å². The largest absolute Gasteiger partial charge is 0.477 e. The van der Waals surface area contributed by atoms with E-state index in [2.05, 4.69) is 9.97 Å². The van der Waals surface area contributed by atoms with Gasteiger partial charge in [0.15, 0.2) is 11.5 Å². The first-order valence-electron chi connectivity index (χ1n) is 4.41. The molecule has 0 saturated heterocycles. The third-order valence-corrected chi connectivity index (χ3v) is 3.37. The van der Waals surface area contributed by atoms with Crippen molar-refractivity contribution in [1.29, 1.82) is 0 Å². The van der Waals surface area contributed by atoms with Gasteiger partial charge in [-0.25, -0.2) is 14.8 Å². The molecule has 2 heterocycles. The summed E-state index contributed by atoms with van der Waals surface area (Å²) in [6, 6.07) is 5.23. The molecule has 4 nitrogen and oxygen atoms in total. The number of carboxylic acid groups (broad SMARTS) is 1. The molecule has 0 unspecified atom stereocenters. The van der Waals surface area contributed by atoms with Crippen LogP contribution in [0.5, 0.6) is 0 Å². The lowest BCUT2D eigenvalue weighted by molar-refractivity contribution is 0.0690. The number of thiophene rings is 1. The summed E-state index contributed by atoms with van der Waals surface area (Å²) in [5, 5.41) is 11.5. The molecule has 2 aromatic rings. The van der Waals surface area contributed by atoms with E-state index in [0.29, 0.717) is 10.9 Å². The number of aromatic nitrogens is 2. The Kier molecular flexibility index (Phi) is 3.21. The van der Waals surface area contributed by atoms with Crippen molar-refractivity contribution in [3.63, 3.8) is 0 Å². The van der Waals surface area contributed by atoms with Crippen LogP contribution in [0, 0.1) is 0 Å². The first-order chi connectivity index (χ1) is 7.70. The Morgan fingerprint density at radius 2 is 2.31 bits per heavy atom. The Bertz CT molecular complexity index is 512. The van der Waals surface area contributed by atoms with E-state index in [-0.39, 0.29) is 5.69 Å². The number of hydrogen-bond acceptors (Lipinski definition) is 5. The van der Waals surface area contributed by atoms with E-state index in [4.69, 9.17) is 5.11 Å². The average Bonchev–Trinajstić information content (AvgIpc) is 2.81. The van der Waals surface area contributed by atoms with Gasteiger partial charge in [0.1, 0.15) is 5.03 Å². The number of carbonyl (C=O) groups is 1. The summed E-state index contributed by atoms with van der Waals surface area (Å²) in [6.45, 7) is 0. The van der Waals surface area contributed by atoms with Gasteiger partial charge in [-0.2, -0.15) is 0 Å². The molecule has 6 heteroatoms. The summed E-state index contributed by atoms with van der Waals surface area (Å²) in [7, 11) is 0. The van der Waals surface area contributed by atoms with E-state index in [1.165, 1.54) is 29.2 Å². The highest BCUT2D eigenvalue weighted by Crippen LogP contribution is 2.23. The quantitative estimate of drug-likeness (QED) is 0.672. The van der Waals surface area contributed by atoms with Gasteiger partial charge in [-0.1, -0.05) is 6.07 Å². The maximum atomic E-state index is 10.9. The zero-order valence-electron chi connectivity index (χ0n) is 8.38. The molecule has 82 valence electrons. The fourth-order valence-corrected chi connectivity index (χ4v) is 2.22. The molecule has 0 amide bonds. The first-order valence-corrected chi connectivity index (χ1v) is 6.51. The maximum absolute atomic E-state index is 10.9. The number of hydrogen-bond donors (Lipinski definition) is 1. The molecule has 0 atom stereocenters. The van der Waals surface area contributed by atoms with Crippen molar-refractivity contribution >= 4 is 29.1 Å². The Labute approximate surface area is 100 Å². The van der Waals surface area contributed by atoms with Gasteiger partial charge in [0.05, 0.1) is 4.88 Å². The van der Waals surface area contributed by atoms with E-state index < -0.39 is 5.97 Å². The van der Waals surface area contributed by atoms with Crippen molar-refractivity contribution in [1.82, 2.24) is 9.97 Å². The van der Waals surface area contributed by atoms with Gasteiger partial charge in [-0.15, -0.1) is 23.1 Å². The summed E-state index contributed by atoms with van der Waals surface area (Å²) in [6.07, 6.45) is 1.85. The predicted octanol–water partition coefficient (Wildman–Crippen LogP) is 2.63. The first kappa shape index (κ1) is 11.1. The molecular formula is C10H8N2O2S2. The van der Waals surface area contributed by atoms with E-state index in [1.54, 1.807) is 0 Å². The third kappa shape index (κ3) is 2.23. The predicted molar refractivity (Wildman–Crippen MR) is 64.1 cm³/mol. The van der Waals surface area contributed by atoms with Gasteiger partial charge >= 0.3 is 5.97 Å². The Morgan fingerprint density at radius 3 is 2.88 bits per heavy atom. The molecule has 2 aromatic heterocycles. The maximum Gasteiger partial charge on any atom is 0.354 e. The molecule has 0 radical (unpaired) electrons. The zero-order chi connectivity index (χ0) is 11.5. The van der Waals surface area contributed by atoms with E-state index in [0.717, 1.165) is 4.88 Å². The molecule has 0 bridgehead atoms. The lowest BCUT2D eigenvalue weighted by Gasteiger charge is -2.02. The van der Waals surface area contributed by atoms with Crippen LogP contribution >= 0.6 is 23.1 Å². The Hall–Kier alpha value is -1.40. The van der Waals surface area contributed by atoms with Crippen molar-refractivity contribution < 1.29 is 9.90 Å². The Morgan fingerprint density at radius 1 is 1.50 bits per heavy atom. The van der Waals surface area contributed by atoms with Crippen LogP contribution < -0.4 is 0 Å². The van der Waals surface area contributed by atoms with Crippen LogP contribution in [-0.2, 0) is 0 Å². The summed E-state index contributed by atoms with van der Waals surface area (Å²) in [5.74, 6) is -0.560. The highest BCUT2D eigenvalue weighted by molar-refractivity contribution is 7.98. The number of thioether (sulfide) groups is 1. The topological polar surface area (TPSA) is 63.1 Å². The second-order valence-corrected chi connectivity index (χ2v) is 4.68. The van der Waals surface area contributed by atoms with Crippen LogP contribution in [0.2, 0.25) is 0 Å². The minimum atomic E-state index is -1.03. The normalized spacial score (nSPS) is 10.3. The molecule has 0 aliphatic carbocycles. The average molecular weight is 252 g/mol. The number of nitrogens with zero attached hydrogens (tertiary/aromatic N) is 2. The molecule has 0 spiro atoms. The molecule has 0 saturated carbocycles. The molecule has 0 aliphatic rings. The van der Waals surface area contributed by atoms with Crippen LogP contribution in [0.4, 0.5) is 0 Å². The number of aromatic carboxylic acids is 1. The molecule has 2 rings (SSSR count). The second-order valence-electron chi connectivity index (χ2n) is 2.90. The van der Waals surface area contributed by atoms with Gasteiger partial charge < -0.3 is 5.11 Å². The van der Waals surface area contributed by atoms with Gasteiger partial charge in [0.2, 0.25) is 0 Å². The fraction of sp³-hybridized carbons (Fsp3) is 0.100. The van der Waals surface area contributed by atoms with E-state index in [1.807, 2.05) is 23.8 Å². The van der Waals surface area contributed by atoms with Gasteiger partial charge in [0, 0.05) is 6.07 Å². The minimum Gasteiger partial charge on any atom is -0.477 e. The standard InChI is InChI=1S/C10H8N2O2S2/c1-15-8-5-6(10(13)14)11-9(12-8)7-3-2-4-16-7/h2-5H,1H3,(H,13,14). The lowest BCUT2D eigenvalue weighted by Crippen LogP contribution is -2.03. The number of rotatable bonds is 3. The van der Waals surface area contributed by atoms with Crippen LogP contribution in [0.15, 0.2) is 28.6 Å². The summed E-state index contributed by atoms with van der Waals surface area (Å²) < 4.78 is 0. The second kappa shape index (κ2) is 4.63. The highest BCUT2D eigenvalue weighted by atomic mass is 32.2. The van der Waals surface area contributed by atoms with Crippen LogP contribution in [-0.4, -0.2) is 27.3 Å². The molecule has 0 aliphatic heterocycles. The third-order valence-electron chi connectivity index (χ3n) is 1.87. The smallest absolute Gasteiger partial charge is 0.354 e. The van der Waals surface area contributed by atoms with E-state index >= 15 is 0 Å². The van der Waals surface area contributed by atoms with Gasteiger partial charge in [-0.3, -0.25) is 0 Å². The van der Waals surface area contributed by atoms with Crippen molar-refractivity contribution in [2.75, 3.05) is 6.26 Å². The molecule has 1 N–H and O–H groups in total. The van der Waals surface area contributed by atoms with Gasteiger partial charge in [-0.05, 0) is 17.7 Å². The lowest BCUT2D eigenvalue weighted by atomic mass is 10.4. The summed E-state index contributed by atoms with van der Waals surface area (Å²) in [5.41, 5.74) is 0.0303. The van der Waals surface area contributed by atoms with Crippen molar-refractivity contribution in [3.05, 3.63) is 29.3 Å². The highest BCUT2D eigenvalue weighted by Gasteiger charge is 2.11. The van der Waals surface area contributed by atoms with Crippen molar-refractivity contribution in [2.24, 2.45) is 0 Å². The molecule has 0 aromatic carbocycles. The molecule has 16 heavy (non-hydrogen) atoms. The van der Waals surface area contributed by atoms with Crippen LogP contribution in [0.3, 0.4) is 0 Å². The SMILES string of the molecule is CSc1cc(C(=O)O)nc(-c2cccs2)n1. The minimum absolute atomic E-state index is 0.0303. The monoisotopic (exact) mass is 252 g/mol. The van der Waals surface area contributed by atoms with Crippen molar-refractivity contribution in [3.8, 4) is 10.7 Å². The number of carboxylic acids is 1. The fourth-order valence-electron chi connectivity index (χ4n) is 1.16. The van der Waals surface area contributed by atoms with Crippen LogP contribution in [0.25, 0.3) is 10.7 Å². The summed E-state index contributed by atoms with van der Waals surface area (Å²) in [4.78, 5) is 20.1. The van der Waals surface area contributed by atoms with E-state index in [9.17, 15) is 4.79 Å². The summed E-state index contributed by atoms with van der Waals surface area (Å²) >= 11 is 2.89. The Balaban J connectivity index is 2.53. The van der Waals surface area contributed by atoms with Gasteiger partial charge in [0.25, 0.3) is 0 Å². The molecular weight excluding hydrogens is 244 g/mol. The van der Waals surface area contributed by atoms with Crippen molar-refractivity contribution in [2.45, 2.75) is 5.03 Å². The molecule has 0 fully saturated rings. The zero-order valence-corrected chi connectivity index (χ0v) is 10.0.